The maximum atomic E-state index is 14.2. The summed E-state index contributed by atoms with van der Waals surface area (Å²) in [5.74, 6) is -2.62. The average Bonchev–Trinajstić information content (AvgIpc) is 2.73. The summed E-state index contributed by atoms with van der Waals surface area (Å²) in [4.78, 5) is 13.4. The van der Waals surface area contributed by atoms with Crippen LogP contribution in [0.25, 0.3) is 0 Å². The highest BCUT2D eigenvalue weighted by Crippen LogP contribution is 2.33. The Morgan fingerprint density at radius 2 is 2.03 bits per heavy atom. The van der Waals surface area contributed by atoms with Crippen molar-refractivity contribution in [2.75, 3.05) is 31.4 Å². The summed E-state index contributed by atoms with van der Waals surface area (Å²) in [7, 11) is 1.33. The molecule has 0 spiro atoms. The molecule has 0 saturated carbocycles. The molecule has 1 aliphatic heterocycles. The first-order chi connectivity index (χ1) is 14.2. The van der Waals surface area contributed by atoms with Crippen LogP contribution in [0.4, 0.5) is 23.4 Å². The molecule has 1 saturated heterocycles. The number of hydrogen-bond acceptors (Lipinski definition) is 6. The van der Waals surface area contributed by atoms with E-state index < -0.39 is 29.9 Å². The lowest BCUT2D eigenvalue weighted by Crippen LogP contribution is -2.54. The number of methoxy groups -OCH3 is 1. The summed E-state index contributed by atoms with van der Waals surface area (Å²) in [5, 5.41) is 10.9. The minimum Gasteiger partial charge on any atom is -0.494 e. The molecule has 11 heteroatoms. The third-order valence-corrected chi connectivity index (χ3v) is 5.59. The Kier molecular flexibility index (Phi) is 6.69. The second-order valence-corrected chi connectivity index (χ2v) is 7.57. The maximum absolute atomic E-state index is 14.2. The van der Waals surface area contributed by atoms with Crippen molar-refractivity contribution in [2.45, 2.75) is 29.6 Å². The van der Waals surface area contributed by atoms with Crippen LogP contribution in [-0.4, -0.2) is 54.8 Å². The minimum atomic E-state index is -5.02. The van der Waals surface area contributed by atoms with Gasteiger partial charge in [-0.25, -0.2) is 4.39 Å². The molecular formula is C19H20F4N4O2S. The van der Waals surface area contributed by atoms with E-state index in [1.165, 1.54) is 31.0 Å². The molecule has 1 aromatic carbocycles. The number of benzene rings is 1. The Labute approximate surface area is 175 Å². The predicted molar refractivity (Wildman–Crippen MR) is 104 cm³/mol. The Morgan fingerprint density at radius 1 is 1.27 bits per heavy atom. The maximum Gasteiger partial charge on any atom is 0.471 e. The van der Waals surface area contributed by atoms with Crippen LogP contribution in [-0.2, 0) is 4.79 Å². The topological polar surface area (TPSA) is 67.3 Å². The van der Waals surface area contributed by atoms with Gasteiger partial charge < -0.3 is 15.0 Å². The molecule has 3 rings (SSSR count). The first-order valence-corrected chi connectivity index (χ1v) is 10.3. The largest absolute Gasteiger partial charge is 0.494 e. The Hall–Kier alpha value is -2.56. The van der Waals surface area contributed by atoms with Gasteiger partial charge in [0.2, 0.25) is 0 Å². The molecule has 2 aromatic rings. The van der Waals surface area contributed by atoms with Crippen LogP contribution in [0.2, 0.25) is 0 Å². The molecule has 162 valence electrons. The molecule has 0 radical (unpaired) electrons. The zero-order valence-electron chi connectivity index (χ0n) is 16.2. The van der Waals surface area contributed by atoms with Crippen molar-refractivity contribution in [3.8, 4) is 5.75 Å². The van der Waals surface area contributed by atoms with Crippen molar-refractivity contribution in [2.24, 2.45) is 0 Å². The Morgan fingerprint density at radius 3 is 2.60 bits per heavy atom. The summed E-state index contributed by atoms with van der Waals surface area (Å²) in [6.45, 7) is 0.539. The van der Waals surface area contributed by atoms with Crippen LogP contribution in [0.5, 0.6) is 5.75 Å². The van der Waals surface area contributed by atoms with E-state index >= 15 is 0 Å². The number of amides is 1. The van der Waals surface area contributed by atoms with Crippen LogP contribution >= 0.6 is 11.8 Å². The van der Waals surface area contributed by atoms with Gasteiger partial charge in [0.25, 0.3) is 0 Å². The second-order valence-electron chi connectivity index (χ2n) is 6.75. The van der Waals surface area contributed by atoms with Gasteiger partial charge in [0.15, 0.2) is 17.4 Å². The van der Waals surface area contributed by atoms with Crippen molar-refractivity contribution in [1.82, 2.24) is 15.5 Å². The predicted octanol–water partition coefficient (Wildman–Crippen LogP) is 3.39. The lowest BCUT2D eigenvalue weighted by molar-refractivity contribution is -0.174. The van der Waals surface area contributed by atoms with Gasteiger partial charge in [0.1, 0.15) is 5.03 Å². The fourth-order valence-corrected chi connectivity index (χ4v) is 3.79. The van der Waals surface area contributed by atoms with Crippen LogP contribution in [0.3, 0.4) is 0 Å². The fraction of sp³-hybridized carbons (Fsp3) is 0.421. The van der Waals surface area contributed by atoms with E-state index in [1.54, 1.807) is 23.1 Å². The Balaban J connectivity index is 1.86. The molecule has 1 amide bonds. The Bertz CT molecular complexity index is 895. The number of thioether (sulfide) groups is 1. The number of hydrogen-bond donors (Lipinski definition) is 1. The summed E-state index contributed by atoms with van der Waals surface area (Å²) in [6, 6.07) is 6.85. The molecule has 2 unspecified atom stereocenters. The molecule has 1 fully saturated rings. The number of aromatic nitrogens is 2. The normalized spacial score (nSPS) is 19.5. The summed E-state index contributed by atoms with van der Waals surface area (Å²) in [5.41, 5.74) is 0.490. The molecule has 1 aromatic heterocycles. The van der Waals surface area contributed by atoms with Crippen molar-refractivity contribution in [3.05, 3.63) is 41.7 Å². The van der Waals surface area contributed by atoms with Gasteiger partial charge in [-0.05, 0) is 42.5 Å². The van der Waals surface area contributed by atoms with E-state index in [2.05, 4.69) is 15.5 Å². The smallest absolute Gasteiger partial charge is 0.471 e. The highest BCUT2D eigenvalue weighted by atomic mass is 32.2. The molecule has 0 bridgehead atoms. The van der Waals surface area contributed by atoms with Crippen molar-refractivity contribution in [1.29, 1.82) is 0 Å². The lowest BCUT2D eigenvalue weighted by atomic mass is 9.85. The highest BCUT2D eigenvalue weighted by Gasteiger charge is 2.42. The second kappa shape index (κ2) is 9.07. The number of ether oxygens (including phenoxy) is 1. The number of piperidine rings is 1. The monoisotopic (exact) mass is 444 g/mol. The SMILES string of the molecule is COc1ccc(C2CCN(c3ccc(SC)nn3)CC2NC(=O)C(F)(F)F)cc1F. The molecule has 2 atom stereocenters. The number of carbonyl (C=O) groups excluding carboxylic acids is 1. The fourth-order valence-electron chi connectivity index (χ4n) is 3.46. The summed E-state index contributed by atoms with van der Waals surface area (Å²) in [6.07, 6.45) is -2.77. The van der Waals surface area contributed by atoms with Gasteiger partial charge in [0.05, 0.1) is 13.2 Å². The van der Waals surface area contributed by atoms with E-state index in [0.29, 0.717) is 29.4 Å². The standard InChI is InChI=1S/C19H20F4N4O2S/c1-29-15-4-3-11(9-13(15)20)12-7-8-27(16-5-6-17(30-2)26-25-16)10-14(12)24-18(28)19(21,22)23/h3-6,9,12,14H,7-8,10H2,1-2H3,(H,24,28). The van der Waals surface area contributed by atoms with Crippen LogP contribution < -0.4 is 15.0 Å². The lowest BCUT2D eigenvalue weighted by Gasteiger charge is -2.39. The quantitative estimate of drug-likeness (QED) is 0.563. The van der Waals surface area contributed by atoms with Crippen LogP contribution in [0.15, 0.2) is 35.4 Å². The van der Waals surface area contributed by atoms with E-state index in [-0.39, 0.29) is 12.3 Å². The first kappa shape index (κ1) is 22.1. The van der Waals surface area contributed by atoms with Gasteiger partial charge in [-0.15, -0.1) is 22.0 Å². The number of nitrogens with zero attached hydrogens (tertiary/aromatic N) is 3. The molecule has 2 heterocycles. The van der Waals surface area contributed by atoms with Gasteiger partial charge >= 0.3 is 12.1 Å². The van der Waals surface area contributed by atoms with Crippen molar-refractivity contribution < 1.29 is 27.1 Å². The van der Waals surface area contributed by atoms with Gasteiger partial charge in [-0.3, -0.25) is 4.79 Å². The van der Waals surface area contributed by atoms with Crippen LogP contribution in [0, 0.1) is 5.82 Å². The van der Waals surface area contributed by atoms with E-state index in [0.717, 1.165) is 0 Å². The van der Waals surface area contributed by atoms with Gasteiger partial charge in [-0.1, -0.05) is 6.07 Å². The van der Waals surface area contributed by atoms with Crippen molar-refractivity contribution in [3.63, 3.8) is 0 Å². The number of anilines is 1. The average molecular weight is 444 g/mol. The molecule has 6 nitrogen and oxygen atoms in total. The summed E-state index contributed by atoms with van der Waals surface area (Å²) < 4.78 is 57.7. The number of nitrogens with one attached hydrogen (secondary N) is 1. The minimum absolute atomic E-state index is 0.0382. The number of halogens is 4. The third-order valence-electron chi connectivity index (χ3n) is 4.95. The van der Waals surface area contributed by atoms with E-state index in [1.807, 2.05) is 6.26 Å². The first-order valence-electron chi connectivity index (χ1n) is 9.06. The van der Waals surface area contributed by atoms with Crippen molar-refractivity contribution >= 4 is 23.5 Å². The van der Waals surface area contributed by atoms with E-state index in [9.17, 15) is 22.4 Å². The molecule has 1 N–H and O–H groups in total. The van der Waals surface area contributed by atoms with E-state index in [4.69, 9.17) is 4.74 Å². The highest BCUT2D eigenvalue weighted by molar-refractivity contribution is 7.98. The number of carbonyl (C=O) groups is 1. The number of alkyl halides is 3. The summed E-state index contributed by atoms with van der Waals surface area (Å²) >= 11 is 1.42. The molecule has 30 heavy (non-hydrogen) atoms. The zero-order valence-corrected chi connectivity index (χ0v) is 17.1. The zero-order chi connectivity index (χ0) is 21.9. The van der Waals surface area contributed by atoms with Gasteiger partial charge in [-0.2, -0.15) is 13.2 Å². The third kappa shape index (κ3) is 4.94. The molecular weight excluding hydrogens is 424 g/mol. The molecule has 1 aliphatic rings. The van der Waals surface area contributed by atoms with Crippen LogP contribution in [0.1, 0.15) is 17.9 Å². The van der Waals surface area contributed by atoms with Gasteiger partial charge in [0, 0.05) is 19.0 Å². The number of rotatable bonds is 5. The molecule has 0 aliphatic carbocycles.